The average molecular weight is 380 g/mol. The molecule has 1 saturated heterocycles. The summed E-state index contributed by atoms with van der Waals surface area (Å²) in [4.78, 5) is 27.6. The highest BCUT2D eigenvalue weighted by atomic mass is 16.2. The third-order valence-corrected chi connectivity index (χ3v) is 4.76. The lowest BCUT2D eigenvalue weighted by Crippen LogP contribution is -2.40. The molecule has 0 radical (unpaired) electrons. The highest BCUT2D eigenvalue weighted by Gasteiger charge is 2.19. The molecule has 28 heavy (non-hydrogen) atoms. The lowest BCUT2D eigenvalue weighted by atomic mass is 10.1. The first-order chi connectivity index (χ1) is 13.3. The van der Waals surface area contributed by atoms with Crippen LogP contribution in [0.3, 0.4) is 0 Å². The highest BCUT2D eigenvalue weighted by molar-refractivity contribution is 6.09. The fraction of sp³-hybridized carbons (Fsp3) is 0.391. The molecule has 2 amide bonds. The Morgan fingerprint density at radius 1 is 0.857 bits per heavy atom. The van der Waals surface area contributed by atoms with Gasteiger partial charge in [0.25, 0.3) is 11.8 Å². The summed E-state index contributed by atoms with van der Waals surface area (Å²) in [6.45, 7) is 7.92. The van der Waals surface area contributed by atoms with Gasteiger partial charge < -0.3 is 15.5 Å². The maximum Gasteiger partial charge on any atom is 0.255 e. The van der Waals surface area contributed by atoms with E-state index in [1.807, 2.05) is 51.1 Å². The highest BCUT2D eigenvalue weighted by Crippen LogP contribution is 2.22. The van der Waals surface area contributed by atoms with Crippen LogP contribution in [0, 0.1) is 0 Å². The van der Waals surface area contributed by atoms with Crippen LogP contribution >= 0.6 is 0 Å². The smallest absolute Gasteiger partial charge is 0.255 e. The molecule has 0 unspecified atom stereocenters. The first kappa shape index (κ1) is 19.9. The van der Waals surface area contributed by atoms with Gasteiger partial charge in [-0.1, -0.05) is 12.1 Å². The molecule has 0 saturated carbocycles. The molecule has 1 aliphatic rings. The third-order valence-electron chi connectivity index (χ3n) is 4.76. The number of carbonyl (C=O) groups excluding carboxylic acids is 2. The van der Waals surface area contributed by atoms with Crippen molar-refractivity contribution in [3.8, 4) is 0 Å². The molecule has 5 nitrogen and oxygen atoms in total. The molecule has 3 rings (SSSR count). The molecule has 1 aliphatic heterocycles. The molecule has 0 aliphatic carbocycles. The zero-order valence-corrected chi connectivity index (χ0v) is 16.9. The van der Waals surface area contributed by atoms with Crippen molar-refractivity contribution >= 4 is 23.2 Å². The van der Waals surface area contributed by atoms with Crippen LogP contribution in [0.4, 0.5) is 11.4 Å². The van der Waals surface area contributed by atoms with Crippen LogP contribution in [0.15, 0.2) is 48.5 Å². The van der Waals surface area contributed by atoms with E-state index in [1.54, 1.807) is 18.2 Å². The Balaban J connectivity index is 1.72. The van der Waals surface area contributed by atoms with E-state index in [0.717, 1.165) is 18.8 Å². The molecule has 0 aromatic heterocycles. The maximum absolute atomic E-state index is 12.7. The Hall–Kier alpha value is -2.82. The van der Waals surface area contributed by atoms with Crippen LogP contribution in [-0.4, -0.2) is 30.4 Å². The number of hydrogen-bond acceptors (Lipinski definition) is 3. The topological polar surface area (TPSA) is 61.4 Å². The van der Waals surface area contributed by atoms with Crippen LogP contribution in [0.1, 0.15) is 60.7 Å². The lowest BCUT2D eigenvalue weighted by molar-refractivity contribution is 0.0920. The fourth-order valence-corrected chi connectivity index (χ4v) is 3.37. The van der Waals surface area contributed by atoms with Gasteiger partial charge in [0.1, 0.15) is 0 Å². The summed E-state index contributed by atoms with van der Waals surface area (Å²) in [5.74, 6) is -0.426. The number of nitrogens with one attached hydrogen (secondary N) is 2. The van der Waals surface area contributed by atoms with Gasteiger partial charge in [0, 0.05) is 29.9 Å². The quantitative estimate of drug-likeness (QED) is 0.825. The zero-order chi connectivity index (χ0) is 20.1. The van der Waals surface area contributed by atoms with Gasteiger partial charge in [0.2, 0.25) is 0 Å². The van der Waals surface area contributed by atoms with Crippen molar-refractivity contribution in [3.63, 3.8) is 0 Å². The molecule has 1 heterocycles. The van der Waals surface area contributed by atoms with E-state index in [9.17, 15) is 9.59 Å². The van der Waals surface area contributed by atoms with Crippen LogP contribution in [0.5, 0.6) is 0 Å². The van der Waals surface area contributed by atoms with Gasteiger partial charge in [0.15, 0.2) is 0 Å². The summed E-state index contributed by atoms with van der Waals surface area (Å²) < 4.78 is 0. The Morgan fingerprint density at radius 3 is 2.14 bits per heavy atom. The monoisotopic (exact) mass is 379 g/mol. The Bertz CT molecular complexity index is 832. The van der Waals surface area contributed by atoms with E-state index < -0.39 is 0 Å². The second-order valence-corrected chi connectivity index (χ2v) is 8.30. The standard InChI is InChI=1S/C23H29N3O2/c1-23(2,3)25-22(28)19-9-5-6-10-20(19)24-21(27)17-11-13-18(14-12-17)26-15-7-4-8-16-26/h5-6,9-14H,4,7-8,15-16H2,1-3H3,(H,24,27)(H,25,28). The van der Waals surface area contributed by atoms with Gasteiger partial charge in [-0.25, -0.2) is 0 Å². The van der Waals surface area contributed by atoms with Crippen molar-refractivity contribution in [1.29, 1.82) is 0 Å². The average Bonchev–Trinajstić information content (AvgIpc) is 2.68. The maximum atomic E-state index is 12.7. The number of carbonyl (C=O) groups is 2. The first-order valence-corrected chi connectivity index (χ1v) is 9.91. The minimum absolute atomic E-state index is 0.205. The van der Waals surface area contributed by atoms with Gasteiger partial charge in [-0.3, -0.25) is 9.59 Å². The zero-order valence-electron chi connectivity index (χ0n) is 16.9. The summed E-state index contributed by atoms with van der Waals surface area (Å²) in [5.41, 5.74) is 2.34. The molecule has 5 heteroatoms. The van der Waals surface area contributed by atoms with Gasteiger partial charge in [-0.05, 0) is 76.4 Å². The van der Waals surface area contributed by atoms with Crippen molar-refractivity contribution in [3.05, 3.63) is 59.7 Å². The number of benzene rings is 2. The Morgan fingerprint density at radius 2 is 1.50 bits per heavy atom. The molecule has 0 atom stereocenters. The Kier molecular flexibility index (Phi) is 6.02. The second kappa shape index (κ2) is 8.46. The van der Waals surface area contributed by atoms with Gasteiger partial charge >= 0.3 is 0 Å². The van der Waals surface area contributed by atoms with E-state index >= 15 is 0 Å². The molecule has 2 N–H and O–H groups in total. The molecular formula is C23H29N3O2. The van der Waals surface area contributed by atoms with Gasteiger partial charge in [0.05, 0.1) is 11.3 Å². The minimum Gasteiger partial charge on any atom is -0.372 e. The molecule has 148 valence electrons. The van der Waals surface area contributed by atoms with Gasteiger partial charge in [-0.2, -0.15) is 0 Å². The summed E-state index contributed by atoms with van der Waals surface area (Å²) in [7, 11) is 0. The van der Waals surface area contributed by atoms with E-state index in [0.29, 0.717) is 16.8 Å². The number of anilines is 2. The SMILES string of the molecule is CC(C)(C)NC(=O)c1ccccc1NC(=O)c1ccc(N2CCCCC2)cc1. The molecule has 2 aromatic rings. The molecule has 1 fully saturated rings. The van der Waals surface area contributed by atoms with Crippen molar-refractivity contribution in [2.75, 3.05) is 23.3 Å². The fourth-order valence-electron chi connectivity index (χ4n) is 3.37. The number of nitrogens with zero attached hydrogens (tertiary/aromatic N) is 1. The molecular weight excluding hydrogens is 350 g/mol. The van der Waals surface area contributed by atoms with Gasteiger partial charge in [-0.15, -0.1) is 0 Å². The van der Waals surface area contributed by atoms with Crippen LogP contribution in [0.25, 0.3) is 0 Å². The normalized spacial score (nSPS) is 14.5. The predicted molar refractivity (Wildman–Crippen MR) is 114 cm³/mol. The minimum atomic E-state index is -0.349. The predicted octanol–water partition coefficient (Wildman–Crippen LogP) is 4.46. The van der Waals surface area contributed by atoms with Crippen LogP contribution in [-0.2, 0) is 0 Å². The molecule has 2 aromatic carbocycles. The number of rotatable bonds is 4. The van der Waals surface area contributed by atoms with E-state index in [2.05, 4.69) is 15.5 Å². The van der Waals surface area contributed by atoms with Crippen LogP contribution in [0.2, 0.25) is 0 Å². The summed E-state index contributed by atoms with van der Waals surface area (Å²) in [6.07, 6.45) is 3.73. The number of para-hydroxylation sites is 1. The summed E-state index contributed by atoms with van der Waals surface area (Å²) in [6, 6.07) is 14.8. The molecule has 0 bridgehead atoms. The number of hydrogen-bond donors (Lipinski definition) is 2. The second-order valence-electron chi connectivity index (χ2n) is 8.30. The van der Waals surface area contributed by atoms with E-state index in [4.69, 9.17) is 0 Å². The first-order valence-electron chi connectivity index (χ1n) is 9.91. The van der Waals surface area contributed by atoms with E-state index in [1.165, 1.54) is 19.3 Å². The largest absolute Gasteiger partial charge is 0.372 e. The van der Waals surface area contributed by atoms with Crippen molar-refractivity contribution in [1.82, 2.24) is 5.32 Å². The summed E-state index contributed by atoms with van der Waals surface area (Å²) >= 11 is 0. The lowest BCUT2D eigenvalue weighted by Gasteiger charge is -2.28. The van der Waals surface area contributed by atoms with Crippen molar-refractivity contribution in [2.45, 2.75) is 45.6 Å². The third kappa shape index (κ3) is 5.12. The molecule has 0 spiro atoms. The van der Waals surface area contributed by atoms with E-state index in [-0.39, 0.29) is 17.4 Å². The van der Waals surface area contributed by atoms with Crippen LogP contribution < -0.4 is 15.5 Å². The number of piperidine rings is 1. The number of amides is 2. The summed E-state index contributed by atoms with van der Waals surface area (Å²) in [5, 5.41) is 5.82. The Labute approximate surface area is 167 Å². The van der Waals surface area contributed by atoms with Crippen molar-refractivity contribution in [2.24, 2.45) is 0 Å². The van der Waals surface area contributed by atoms with Crippen molar-refractivity contribution < 1.29 is 9.59 Å².